The van der Waals surface area contributed by atoms with E-state index < -0.39 is 0 Å². The van der Waals surface area contributed by atoms with Gasteiger partial charge >= 0.3 is 5.69 Å². The highest BCUT2D eigenvalue weighted by molar-refractivity contribution is 14.0. The second kappa shape index (κ2) is 11.6. The number of likely N-dealkylation sites (tertiary alicyclic amines) is 1. The van der Waals surface area contributed by atoms with Crippen molar-refractivity contribution in [3.05, 3.63) is 16.3 Å². The van der Waals surface area contributed by atoms with Gasteiger partial charge in [-0.1, -0.05) is 0 Å². The van der Waals surface area contributed by atoms with Crippen LogP contribution in [-0.4, -0.2) is 64.8 Å². The zero-order chi connectivity index (χ0) is 19.9. The summed E-state index contributed by atoms with van der Waals surface area (Å²) in [5.74, 6) is 2.40. The highest BCUT2D eigenvalue weighted by Crippen LogP contribution is 2.20. The fourth-order valence-electron chi connectivity index (χ4n) is 4.07. The van der Waals surface area contributed by atoms with E-state index in [1.807, 2.05) is 4.57 Å². The Hall–Kier alpha value is -1.59. The molecule has 0 spiro atoms. The third kappa shape index (κ3) is 6.19. The predicted molar refractivity (Wildman–Crippen MR) is 124 cm³/mol. The van der Waals surface area contributed by atoms with Gasteiger partial charge in [-0.2, -0.15) is 5.10 Å². The van der Waals surface area contributed by atoms with Gasteiger partial charge in [0.2, 0.25) is 5.91 Å². The molecule has 29 heavy (non-hydrogen) atoms. The van der Waals surface area contributed by atoms with Crippen molar-refractivity contribution in [2.75, 3.05) is 33.7 Å². The van der Waals surface area contributed by atoms with E-state index in [1.165, 1.54) is 0 Å². The molecule has 1 saturated heterocycles. The minimum absolute atomic E-state index is 0. The molecule has 0 aliphatic carbocycles. The molecular formula is C19H34IN7O2. The third-order valence-electron chi connectivity index (χ3n) is 5.74. The molecule has 0 aromatic carbocycles. The van der Waals surface area contributed by atoms with Crippen LogP contribution in [0.15, 0.2) is 9.79 Å². The lowest BCUT2D eigenvalue weighted by molar-refractivity contribution is -0.121. The molecule has 9 nitrogen and oxygen atoms in total. The van der Waals surface area contributed by atoms with Crippen LogP contribution in [0.3, 0.4) is 0 Å². The van der Waals surface area contributed by atoms with Gasteiger partial charge in [-0.15, -0.1) is 24.0 Å². The first-order valence-corrected chi connectivity index (χ1v) is 10.4. The smallest absolute Gasteiger partial charge is 0.345 e. The standard InChI is InChI=1S/C19H33N7O2.HI/c1-20-17(27)14-15-7-12-24(13-8-15)18(21-2)22-9-5-11-26-19(28)25-10-4-3-6-16(25)23-26;/h15H,3-14H2,1-2H3,(H,20,27)(H,21,22);1H. The number of aromatic nitrogens is 3. The largest absolute Gasteiger partial charge is 0.359 e. The van der Waals surface area contributed by atoms with Crippen LogP contribution in [0.25, 0.3) is 0 Å². The lowest BCUT2D eigenvalue weighted by atomic mass is 9.93. The lowest BCUT2D eigenvalue weighted by Crippen LogP contribution is -2.46. The maximum Gasteiger partial charge on any atom is 0.345 e. The number of carbonyl (C=O) groups excluding carboxylic acids is 1. The van der Waals surface area contributed by atoms with Crippen LogP contribution in [0.1, 0.15) is 44.3 Å². The number of hydrogen-bond acceptors (Lipinski definition) is 4. The van der Waals surface area contributed by atoms with Crippen LogP contribution < -0.4 is 16.3 Å². The van der Waals surface area contributed by atoms with E-state index in [9.17, 15) is 9.59 Å². The normalized spacial score (nSPS) is 17.4. The molecule has 2 N–H and O–H groups in total. The summed E-state index contributed by atoms with van der Waals surface area (Å²) >= 11 is 0. The fourth-order valence-corrected chi connectivity index (χ4v) is 4.07. The molecule has 0 radical (unpaired) electrons. The highest BCUT2D eigenvalue weighted by Gasteiger charge is 2.23. The molecule has 3 rings (SSSR count). The first kappa shape index (κ1) is 23.7. The Kier molecular flexibility index (Phi) is 9.44. The molecule has 2 aliphatic heterocycles. The van der Waals surface area contributed by atoms with Gasteiger partial charge in [0.1, 0.15) is 5.82 Å². The maximum absolute atomic E-state index is 12.4. The van der Waals surface area contributed by atoms with E-state index in [2.05, 4.69) is 25.6 Å². The van der Waals surface area contributed by atoms with Crippen molar-refractivity contribution >= 4 is 35.8 Å². The van der Waals surface area contributed by atoms with Crippen molar-refractivity contribution in [1.82, 2.24) is 29.9 Å². The quantitative estimate of drug-likeness (QED) is 0.251. The van der Waals surface area contributed by atoms with Crippen molar-refractivity contribution in [2.24, 2.45) is 10.9 Å². The topological polar surface area (TPSA) is 96.6 Å². The van der Waals surface area contributed by atoms with Crippen LogP contribution in [0.4, 0.5) is 0 Å². The Bertz CT molecular complexity index is 750. The second-order valence-corrected chi connectivity index (χ2v) is 7.67. The van der Waals surface area contributed by atoms with Crippen LogP contribution >= 0.6 is 24.0 Å². The van der Waals surface area contributed by atoms with E-state index in [-0.39, 0.29) is 35.6 Å². The molecule has 1 aromatic heterocycles. The van der Waals surface area contributed by atoms with Crippen molar-refractivity contribution in [2.45, 2.75) is 58.0 Å². The molecule has 3 heterocycles. The molecule has 0 atom stereocenters. The molecule has 0 saturated carbocycles. The SMILES string of the molecule is CN=C(NCCCn1nc2n(c1=O)CCCC2)N1CCC(CC(=O)NC)CC1.I. The Morgan fingerprint density at radius 3 is 2.66 bits per heavy atom. The second-order valence-electron chi connectivity index (χ2n) is 7.67. The van der Waals surface area contributed by atoms with Crippen LogP contribution in [0.2, 0.25) is 0 Å². The number of rotatable bonds is 6. The summed E-state index contributed by atoms with van der Waals surface area (Å²) in [7, 11) is 3.49. The van der Waals surface area contributed by atoms with E-state index >= 15 is 0 Å². The number of halogens is 1. The Labute approximate surface area is 189 Å². The average molecular weight is 519 g/mol. The van der Waals surface area contributed by atoms with Crippen LogP contribution in [0.5, 0.6) is 0 Å². The summed E-state index contributed by atoms with van der Waals surface area (Å²) < 4.78 is 3.42. The molecular weight excluding hydrogens is 485 g/mol. The molecule has 2 aliphatic rings. The molecule has 1 fully saturated rings. The number of nitrogens with one attached hydrogen (secondary N) is 2. The summed E-state index contributed by atoms with van der Waals surface area (Å²) in [6, 6.07) is 0. The van der Waals surface area contributed by atoms with E-state index in [1.54, 1.807) is 18.8 Å². The minimum atomic E-state index is 0. The Morgan fingerprint density at radius 2 is 2.00 bits per heavy atom. The molecule has 1 amide bonds. The maximum atomic E-state index is 12.4. The number of carbonyl (C=O) groups is 1. The Morgan fingerprint density at radius 1 is 1.24 bits per heavy atom. The monoisotopic (exact) mass is 519 g/mol. The predicted octanol–water partition coefficient (Wildman–Crippen LogP) is 0.813. The van der Waals surface area contributed by atoms with E-state index in [0.29, 0.717) is 18.9 Å². The summed E-state index contributed by atoms with van der Waals surface area (Å²) in [6.45, 7) is 3.99. The number of piperidine rings is 1. The zero-order valence-corrected chi connectivity index (χ0v) is 19.9. The van der Waals surface area contributed by atoms with Crippen molar-refractivity contribution in [3.8, 4) is 0 Å². The van der Waals surface area contributed by atoms with Crippen molar-refractivity contribution in [3.63, 3.8) is 0 Å². The molecule has 0 bridgehead atoms. The van der Waals surface area contributed by atoms with Gasteiger partial charge in [0.05, 0.1) is 0 Å². The third-order valence-corrected chi connectivity index (χ3v) is 5.74. The van der Waals surface area contributed by atoms with Gasteiger partial charge in [0, 0.05) is 59.7 Å². The number of aryl methyl sites for hydroxylation is 2. The highest BCUT2D eigenvalue weighted by atomic mass is 127. The number of fused-ring (bicyclic) bond motifs is 1. The first-order chi connectivity index (χ1) is 13.6. The molecule has 1 aromatic rings. The van der Waals surface area contributed by atoms with Crippen molar-refractivity contribution < 1.29 is 4.79 Å². The van der Waals surface area contributed by atoms with E-state index in [0.717, 1.165) is 76.5 Å². The minimum Gasteiger partial charge on any atom is -0.359 e. The van der Waals surface area contributed by atoms with Crippen LogP contribution in [-0.2, 0) is 24.3 Å². The van der Waals surface area contributed by atoms with Gasteiger partial charge in [0.15, 0.2) is 5.96 Å². The molecule has 10 heteroatoms. The van der Waals surface area contributed by atoms with E-state index in [4.69, 9.17) is 0 Å². The van der Waals surface area contributed by atoms with Gasteiger partial charge < -0.3 is 15.5 Å². The van der Waals surface area contributed by atoms with Crippen molar-refractivity contribution in [1.29, 1.82) is 0 Å². The fraction of sp³-hybridized carbons (Fsp3) is 0.789. The summed E-state index contributed by atoms with van der Waals surface area (Å²) in [4.78, 5) is 30.5. The number of hydrogen-bond donors (Lipinski definition) is 2. The number of amides is 1. The lowest BCUT2D eigenvalue weighted by Gasteiger charge is -2.34. The molecule has 0 unspecified atom stereocenters. The van der Waals surface area contributed by atoms with Gasteiger partial charge in [-0.3, -0.25) is 14.4 Å². The summed E-state index contributed by atoms with van der Waals surface area (Å²) in [5, 5.41) is 10.6. The van der Waals surface area contributed by atoms with Gasteiger partial charge in [-0.05, 0) is 38.0 Å². The van der Waals surface area contributed by atoms with Gasteiger partial charge in [0.25, 0.3) is 0 Å². The van der Waals surface area contributed by atoms with Crippen LogP contribution in [0, 0.1) is 5.92 Å². The number of nitrogens with zero attached hydrogens (tertiary/aromatic N) is 5. The zero-order valence-electron chi connectivity index (χ0n) is 17.5. The average Bonchev–Trinajstić information content (AvgIpc) is 3.05. The first-order valence-electron chi connectivity index (χ1n) is 10.4. The Balaban J connectivity index is 0.00000300. The summed E-state index contributed by atoms with van der Waals surface area (Å²) in [6.07, 6.45) is 6.53. The summed E-state index contributed by atoms with van der Waals surface area (Å²) in [5.41, 5.74) is 0.0253. The van der Waals surface area contributed by atoms with Gasteiger partial charge in [-0.25, -0.2) is 9.48 Å². The number of aliphatic imine (C=N–C) groups is 1. The molecule has 164 valence electrons. The number of guanidine groups is 1.